The van der Waals surface area contributed by atoms with E-state index in [9.17, 15) is 4.79 Å². The van der Waals surface area contributed by atoms with Gasteiger partial charge in [-0.05, 0) is 25.7 Å². The zero-order chi connectivity index (χ0) is 13.4. The first-order chi connectivity index (χ1) is 9.22. The molecule has 0 bridgehead atoms. The van der Waals surface area contributed by atoms with E-state index in [-0.39, 0.29) is 17.9 Å². The molecule has 3 rings (SSSR count). The van der Waals surface area contributed by atoms with E-state index in [0.29, 0.717) is 11.8 Å². The molecule has 0 aliphatic carbocycles. The molecule has 2 aliphatic rings. The van der Waals surface area contributed by atoms with Crippen molar-refractivity contribution in [2.75, 3.05) is 20.3 Å². The number of hydrogen-bond acceptors (Lipinski definition) is 4. The molecular weight excluding hydrogens is 268 g/mol. The molecule has 0 radical (unpaired) electrons. The molecule has 0 N–H and O–H groups in total. The zero-order valence-electron chi connectivity index (χ0n) is 10.9. The minimum atomic E-state index is -0.288. The first-order valence-corrected chi connectivity index (χ1v) is 7.02. The van der Waals surface area contributed by atoms with Gasteiger partial charge in [0.05, 0.1) is 19.4 Å². The second kappa shape index (κ2) is 5.13. The first-order valence-electron chi connectivity index (χ1n) is 6.64. The smallest absolute Gasteiger partial charge is 0.328 e. The minimum absolute atomic E-state index is 0.213. The maximum Gasteiger partial charge on any atom is 0.328 e. The third-order valence-electron chi connectivity index (χ3n) is 3.96. The quantitative estimate of drug-likeness (QED) is 0.781. The molecule has 2 aliphatic heterocycles. The van der Waals surface area contributed by atoms with Gasteiger partial charge in [0, 0.05) is 12.5 Å². The average molecular weight is 285 g/mol. The average Bonchev–Trinajstić information content (AvgIpc) is 3.06. The first kappa shape index (κ1) is 12.9. The topological polar surface area (TPSA) is 53.4 Å². The second-order valence-corrected chi connectivity index (χ2v) is 5.43. The van der Waals surface area contributed by atoms with E-state index < -0.39 is 0 Å². The van der Waals surface area contributed by atoms with Crippen molar-refractivity contribution >= 4 is 17.6 Å². The molecule has 1 aromatic rings. The number of carbonyl (C=O) groups is 1. The van der Waals surface area contributed by atoms with E-state index in [1.54, 1.807) is 0 Å². The number of halogens is 1. The third-order valence-corrected chi connectivity index (χ3v) is 4.26. The van der Waals surface area contributed by atoms with Crippen LogP contribution in [-0.2, 0) is 20.7 Å². The van der Waals surface area contributed by atoms with E-state index in [1.165, 1.54) is 7.11 Å². The summed E-state index contributed by atoms with van der Waals surface area (Å²) in [5.74, 6) is 0.902. The highest BCUT2D eigenvalue weighted by molar-refractivity contribution is 6.30. The Kier molecular flexibility index (Phi) is 3.50. The number of rotatable bonds is 2. The Hall–Kier alpha value is -1.07. The lowest BCUT2D eigenvalue weighted by atomic mass is 10.0. The molecule has 0 spiro atoms. The summed E-state index contributed by atoms with van der Waals surface area (Å²) in [6.07, 6.45) is 3.52. The minimum Gasteiger partial charge on any atom is -0.467 e. The van der Waals surface area contributed by atoms with Crippen molar-refractivity contribution in [3.8, 4) is 0 Å². The van der Waals surface area contributed by atoms with E-state index in [2.05, 4.69) is 4.98 Å². The molecule has 2 atom stereocenters. The SMILES string of the molecule is COC(=O)C1CCCc2c(Cl)nc(C3CCOC3)n21. The van der Waals surface area contributed by atoms with Crippen molar-refractivity contribution in [2.24, 2.45) is 0 Å². The number of hydrogen-bond donors (Lipinski definition) is 0. The van der Waals surface area contributed by atoms with Crippen molar-refractivity contribution in [3.05, 3.63) is 16.7 Å². The summed E-state index contributed by atoms with van der Waals surface area (Å²) in [6.45, 7) is 1.40. The van der Waals surface area contributed by atoms with E-state index in [0.717, 1.165) is 43.8 Å². The highest BCUT2D eigenvalue weighted by Crippen LogP contribution is 2.36. The van der Waals surface area contributed by atoms with E-state index in [4.69, 9.17) is 21.1 Å². The van der Waals surface area contributed by atoms with Crippen molar-refractivity contribution < 1.29 is 14.3 Å². The van der Waals surface area contributed by atoms with Gasteiger partial charge in [-0.25, -0.2) is 9.78 Å². The van der Waals surface area contributed by atoms with Crippen LogP contribution in [0.4, 0.5) is 0 Å². The van der Waals surface area contributed by atoms with Crippen LogP contribution in [0.5, 0.6) is 0 Å². The lowest BCUT2D eigenvalue weighted by Crippen LogP contribution is -2.28. The molecule has 1 saturated heterocycles. The normalized spacial score (nSPS) is 26.2. The second-order valence-electron chi connectivity index (χ2n) is 5.07. The summed E-state index contributed by atoms with van der Waals surface area (Å²) in [5.41, 5.74) is 0.963. The molecule has 2 unspecified atom stereocenters. The van der Waals surface area contributed by atoms with Gasteiger partial charge in [-0.3, -0.25) is 0 Å². The molecule has 6 heteroatoms. The summed E-state index contributed by atoms with van der Waals surface area (Å²) in [4.78, 5) is 16.4. The van der Waals surface area contributed by atoms with Gasteiger partial charge in [0.25, 0.3) is 0 Å². The van der Waals surface area contributed by atoms with Crippen molar-refractivity contribution in [1.29, 1.82) is 0 Å². The van der Waals surface area contributed by atoms with Crippen LogP contribution in [0.3, 0.4) is 0 Å². The molecule has 1 aromatic heterocycles. The fraction of sp³-hybridized carbons (Fsp3) is 0.692. The van der Waals surface area contributed by atoms with Crippen LogP contribution < -0.4 is 0 Å². The predicted molar refractivity (Wildman–Crippen MR) is 69.4 cm³/mol. The molecule has 5 nitrogen and oxygen atoms in total. The molecule has 1 fully saturated rings. The molecule has 0 amide bonds. The summed E-state index contributed by atoms with van der Waals surface area (Å²) in [6, 6.07) is -0.288. The van der Waals surface area contributed by atoms with Gasteiger partial charge in [0.1, 0.15) is 11.9 Å². The van der Waals surface area contributed by atoms with Gasteiger partial charge >= 0.3 is 5.97 Å². The highest BCUT2D eigenvalue weighted by Gasteiger charge is 2.35. The van der Waals surface area contributed by atoms with Gasteiger partial charge in [0.2, 0.25) is 0 Å². The summed E-state index contributed by atoms with van der Waals surface area (Å²) in [5, 5.41) is 0.524. The monoisotopic (exact) mass is 284 g/mol. The summed E-state index contributed by atoms with van der Waals surface area (Å²) in [7, 11) is 1.42. The number of imidazole rings is 1. The molecule has 104 valence electrons. The molecule has 19 heavy (non-hydrogen) atoms. The maximum absolute atomic E-state index is 12.0. The van der Waals surface area contributed by atoms with Crippen LogP contribution in [-0.4, -0.2) is 35.8 Å². The van der Waals surface area contributed by atoms with Crippen LogP contribution in [0.25, 0.3) is 0 Å². The van der Waals surface area contributed by atoms with Crippen LogP contribution in [0, 0.1) is 0 Å². The van der Waals surface area contributed by atoms with Gasteiger partial charge in [-0.1, -0.05) is 11.6 Å². The lowest BCUT2D eigenvalue weighted by molar-refractivity contribution is -0.145. The highest BCUT2D eigenvalue weighted by atomic mass is 35.5. The summed E-state index contributed by atoms with van der Waals surface area (Å²) < 4.78 is 12.3. The fourth-order valence-corrected chi connectivity index (χ4v) is 3.28. The lowest BCUT2D eigenvalue weighted by Gasteiger charge is -2.26. The van der Waals surface area contributed by atoms with E-state index in [1.807, 2.05) is 4.57 Å². The van der Waals surface area contributed by atoms with E-state index >= 15 is 0 Å². The number of methoxy groups -OCH3 is 1. The third kappa shape index (κ3) is 2.15. The van der Waals surface area contributed by atoms with Crippen molar-refractivity contribution in [3.63, 3.8) is 0 Å². The maximum atomic E-state index is 12.0. The Bertz CT molecular complexity index is 494. The Labute approximate surface area is 116 Å². The Morgan fingerprint density at radius 1 is 1.53 bits per heavy atom. The Morgan fingerprint density at radius 2 is 2.37 bits per heavy atom. The number of esters is 1. The van der Waals surface area contributed by atoms with Gasteiger partial charge in [0.15, 0.2) is 5.15 Å². The zero-order valence-corrected chi connectivity index (χ0v) is 11.7. The van der Waals surface area contributed by atoms with Gasteiger partial charge < -0.3 is 14.0 Å². The largest absolute Gasteiger partial charge is 0.467 e. The molecule has 3 heterocycles. The fourth-order valence-electron chi connectivity index (χ4n) is 3.01. The Balaban J connectivity index is 2.04. The summed E-state index contributed by atoms with van der Waals surface area (Å²) >= 11 is 6.23. The number of fused-ring (bicyclic) bond motifs is 1. The molecule has 0 aromatic carbocycles. The standard InChI is InChI=1S/C13H17ClN2O3/c1-18-13(17)10-4-2-3-9-11(14)15-12(16(9)10)8-5-6-19-7-8/h8,10H,2-7H2,1H3. The predicted octanol–water partition coefficient (Wildman–Crippen LogP) is 2.09. The van der Waals surface area contributed by atoms with Crippen molar-refractivity contribution in [1.82, 2.24) is 9.55 Å². The van der Waals surface area contributed by atoms with Crippen LogP contribution >= 0.6 is 11.6 Å². The number of nitrogens with zero attached hydrogens (tertiary/aromatic N) is 2. The Morgan fingerprint density at radius 3 is 3.05 bits per heavy atom. The molecular formula is C13H17ClN2O3. The number of ether oxygens (including phenoxy) is 2. The molecule has 0 saturated carbocycles. The van der Waals surface area contributed by atoms with Gasteiger partial charge in [-0.15, -0.1) is 0 Å². The van der Waals surface area contributed by atoms with Gasteiger partial charge in [-0.2, -0.15) is 0 Å². The van der Waals surface area contributed by atoms with Crippen LogP contribution in [0.2, 0.25) is 5.15 Å². The number of carbonyl (C=O) groups excluding carboxylic acids is 1. The van der Waals surface area contributed by atoms with Crippen molar-refractivity contribution in [2.45, 2.75) is 37.6 Å². The number of aromatic nitrogens is 2. The van der Waals surface area contributed by atoms with Crippen LogP contribution in [0.1, 0.15) is 42.7 Å². The van der Waals surface area contributed by atoms with Crippen LogP contribution in [0.15, 0.2) is 0 Å².